The van der Waals surface area contributed by atoms with Crippen LogP contribution in [0.25, 0.3) is 0 Å². The highest BCUT2D eigenvalue weighted by Gasteiger charge is 2.35. The van der Waals surface area contributed by atoms with E-state index in [-0.39, 0.29) is 23.8 Å². The Hall–Kier alpha value is -1.84. The van der Waals surface area contributed by atoms with Gasteiger partial charge in [0.2, 0.25) is 11.8 Å². The standard InChI is InChI=1S/C17H24N2O2/c1-4-12(3)17(21)19-11-14-9-7-6-8-13(14)10-15(19)16(20)18-5-2/h6-9,12,15H,4-5,10-11H2,1-3H3,(H,18,20)/t12-,15+/m1/s1. The second-order valence-electron chi connectivity index (χ2n) is 5.66. The lowest BCUT2D eigenvalue weighted by atomic mass is 9.92. The van der Waals surface area contributed by atoms with Crippen LogP contribution in [0.1, 0.15) is 38.3 Å². The monoisotopic (exact) mass is 288 g/mol. The van der Waals surface area contributed by atoms with Crippen molar-refractivity contribution in [2.24, 2.45) is 5.92 Å². The molecule has 1 aliphatic rings. The van der Waals surface area contributed by atoms with Crippen LogP contribution in [0.4, 0.5) is 0 Å². The molecule has 1 N–H and O–H groups in total. The predicted molar refractivity (Wildman–Crippen MR) is 82.6 cm³/mol. The quantitative estimate of drug-likeness (QED) is 0.922. The van der Waals surface area contributed by atoms with E-state index in [1.54, 1.807) is 4.90 Å². The number of fused-ring (bicyclic) bond motifs is 1. The summed E-state index contributed by atoms with van der Waals surface area (Å²) in [5.74, 6) is -0.0286. The first-order chi connectivity index (χ1) is 10.1. The maximum Gasteiger partial charge on any atom is 0.243 e. The van der Waals surface area contributed by atoms with Gasteiger partial charge in [-0.3, -0.25) is 9.59 Å². The number of amides is 2. The molecule has 0 unspecified atom stereocenters. The van der Waals surface area contributed by atoms with Crippen molar-refractivity contribution < 1.29 is 9.59 Å². The average Bonchev–Trinajstić information content (AvgIpc) is 2.52. The van der Waals surface area contributed by atoms with Gasteiger partial charge < -0.3 is 10.2 Å². The summed E-state index contributed by atoms with van der Waals surface area (Å²) >= 11 is 0. The SMILES string of the molecule is CCNC(=O)[C@@H]1Cc2ccccc2CN1C(=O)[C@H](C)CC. The second kappa shape index (κ2) is 6.74. The van der Waals surface area contributed by atoms with Crippen LogP contribution >= 0.6 is 0 Å². The summed E-state index contributed by atoms with van der Waals surface area (Å²) in [4.78, 5) is 26.7. The zero-order valence-electron chi connectivity index (χ0n) is 13.1. The third-order valence-corrected chi connectivity index (χ3v) is 4.22. The van der Waals surface area contributed by atoms with Crippen LogP contribution in [0, 0.1) is 5.92 Å². The number of hydrogen-bond acceptors (Lipinski definition) is 2. The Labute approximate surface area is 126 Å². The van der Waals surface area contributed by atoms with Crippen molar-refractivity contribution in [2.45, 2.75) is 46.2 Å². The van der Waals surface area contributed by atoms with Crippen molar-refractivity contribution in [1.82, 2.24) is 10.2 Å². The van der Waals surface area contributed by atoms with E-state index in [0.29, 0.717) is 19.5 Å². The zero-order chi connectivity index (χ0) is 15.4. The summed E-state index contributed by atoms with van der Waals surface area (Å²) in [5, 5.41) is 2.86. The van der Waals surface area contributed by atoms with E-state index < -0.39 is 0 Å². The van der Waals surface area contributed by atoms with Crippen molar-refractivity contribution in [3.63, 3.8) is 0 Å². The summed E-state index contributed by atoms with van der Waals surface area (Å²) in [6, 6.07) is 7.67. The van der Waals surface area contributed by atoms with Crippen LogP contribution in [-0.2, 0) is 22.6 Å². The Morgan fingerprint density at radius 2 is 1.95 bits per heavy atom. The van der Waals surface area contributed by atoms with E-state index in [1.807, 2.05) is 45.0 Å². The molecular weight excluding hydrogens is 264 g/mol. The first-order valence-electron chi connectivity index (χ1n) is 7.73. The molecule has 4 heteroatoms. The Balaban J connectivity index is 2.30. The smallest absolute Gasteiger partial charge is 0.243 e. The zero-order valence-corrected chi connectivity index (χ0v) is 13.1. The van der Waals surface area contributed by atoms with E-state index >= 15 is 0 Å². The molecule has 2 atom stereocenters. The molecule has 1 aliphatic heterocycles. The number of benzene rings is 1. The van der Waals surface area contributed by atoms with Crippen molar-refractivity contribution in [3.05, 3.63) is 35.4 Å². The van der Waals surface area contributed by atoms with Crippen LogP contribution < -0.4 is 5.32 Å². The third kappa shape index (κ3) is 3.26. The van der Waals surface area contributed by atoms with Crippen LogP contribution in [-0.4, -0.2) is 29.3 Å². The maximum absolute atomic E-state index is 12.6. The molecule has 114 valence electrons. The topological polar surface area (TPSA) is 49.4 Å². The fourth-order valence-corrected chi connectivity index (χ4v) is 2.74. The lowest BCUT2D eigenvalue weighted by molar-refractivity contribution is -0.144. The molecule has 0 aromatic heterocycles. The van der Waals surface area contributed by atoms with Crippen molar-refractivity contribution in [1.29, 1.82) is 0 Å². The second-order valence-corrected chi connectivity index (χ2v) is 5.66. The van der Waals surface area contributed by atoms with Crippen LogP contribution in [0.3, 0.4) is 0 Å². The highest BCUT2D eigenvalue weighted by molar-refractivity contribution is 5.89. The van der Waals surface area contributed by atoms with Gasteiger partial charge in [0.1, 0.15) is 6.04 Å². The molecule has 0 fully saturated rings. The van der Waals surface area contributed by atoms with Crippen LogP contribution in [0.5, 0.6) is 0 Å². The number of carbonyl (C=O) groups is 2. The van der Waals surface area contributed by atoms with Gasteiger partial charge in [0.25, 0.3) is 0 Å². The lowest BCUT2D eigenvalue weighted by Gasteiger charge is -2.37. The van der Waals surface area contributed by atoms with E-state index in [0.717, 1.165) is 12.0 Å². The Morgan fingerprint density at radius 3 is 2.57 bits per heavy atom. The molecule has 1 aromatic carbocycles. The summed E-state index contributed by atoms with van der Waals surface area (Å²) in [7, 11) is 0. The average molecular weight is 288 g/mol. The van der Waals surface area contributed by atoms with Gasteiger partial charge in [-0.15, -0.1) is 0 Å². The van der Waals surface area contributed by atoms with E-state index in [2.05, 4.69) is 5.32 Å². The van der Waals surface area contributed by atoms with Gasteiger partial charge in [-0.05, 0) is 24.5 Å². The van der Waals surface area contributed by atoms with E-state index in [9.17, 15) is 9.59 Å². The van der Waals surface area contributed by atoms with Crippen molar-refractivity contribution >= 4 is 11.8 Å². The predicted octanol–water partition coefficient (Wildman–Crippen LogP) is 2.12. The van der Waals surface area contributed by atoms with Crippen LogP contribution in [0.15, 0.2) is 24.3 Å². The molecule has 0 radical (unpaired) electrons. The highest BCUT2D eigenvalue weighted by atomic mass is 16.2. The minimum absolute atomic E-state index is 0.0489. The minimum Gasteiger partial charge on any atom is -0.355 e. The van der Waals surface area contributed by atoms with Gasteiger partial charge in [-0.2, -0.15) is 0 Å². The summed E-state index contributed by atoms with van der Waals surface area (Å²) in [6.45, 7) is 6.94. The van der Waals surface area contributed by atoms with Gasteiger partial charge in [0.05, 0.1) is 0 Å². The van der Waals surface area contributed by atoms with Crippen molar-refractivity contribution in [2.75, 3.05) is 6.54 Å². The molecule has 2 rings (SSSR count). The van der Waals surface area contributed by atoms with E-state index in [4.69, 9.17) is 0 Å². The van der Waals surface area contributed by atoms with Gasteiger partial charge >= 0.3 is 0 Å². The maximum atomic E-state index is 12.6. The number of rotatable bonds is 4. The number of likely N-dealkylation sites (N-methyl/N-ethyl adjacent to an activating group) is 1. The van der Waals surface area contributed by atoms with Crippen molar-refractivity contribution in [3.8, 4) is 0 Å². The summed E-state index contributed by atoms with van der Waals surface area (Å²) in [5.41, 5.74) is 2.32. The molecule has 0 aliphatic carbocycles. The van der Waals surface area contributed by atoms with Gasteiger partial charge in [0.15, 0.2) is 0 Å². The molecule has 4 nitrogen and oxygen atoms in total. The number of nitrogens with one attached hydrogen (secondary N) is 1. The first-order valence-corrected chi connectivity index (χ1v) is 7.73. The molecular formula is C17H24N2O2. The first kappa shape index (κ1) is 15.5. The van der Waals surface area contributed by atoms with Gasteiger partial charge in [-0.1, -0.05) is 38.1 Å². The normalized spacial score (nSPS) is 18.8. The molecule has 1 aromatic rings. The summed E-state index contributed by atoms with van der Waals surface area (Å²) < 4.78 is 0. The molecule has 0 saturated heterocycles. The number of hydrogen-bond donors (Lipinski definition) is 1. The molecule has 1 heterocycles. The Kier molecular flexibility index (Phi) is 4.99. The van der Waals surface area contributed by atoms with Gasteiger partial charge in [0, 0.05) is 25.4 Å². The van der Waals surface area contributed by atoms with E-state index in [1.165, 1.54) is 5.56 Å². The Morgan fingerprint density at radius 1 is 1.29 bits per heavy atom. The fourth-order valence-electron chi connectivity index (χ4n) is 2.74. The van der Waals surface area contributed by atoms with Gasteiger partial charge in [-0.25, -0.2) is 0 Å². The molecule has 0 spiro atoms. The molecule has 0 saturated carbocycles. The molecule has 21 heavy (non-hydrogen) atoms. The number of nitrogens with zero attached hydrogens (tertiary/aromatic N) is 1. The largest absolute Gasteiger partial charge is 0.355 e. The molecule has 2 amide bonds. The minimum atomic E-state index is -0.388. The third-order valence-electron chi connectivity index (χ3n) is 4.22. The molecule has 0 bridgehead atoms. The fraction of sp³-hybridized carbons (Fsp3) is 0.529. The summed E-state index contributed by atoms with van der Waals surface area (Å²) in [6.07, 6.45) is 1.39. The van der Waals surface area contributed by atoms with Crippen LogP contribution in [0.2, 0.25) is 0 Å². The number of carbonyl (C=O) groups excluding carboxylic acids is 2. The lowest BCUT2D eigenvalue weighted by Crippen LogP contribution is -2.53. The highest BCUT2D eigenvalue weighted by Crippen LogP contribution is 2.25. The Bertz CT molecular complexity index is 527.